The Bertz CT molecular complexity index is 564. The van der Waals surface area contributed by atoms with Crippen LogP contribution in [0.15, 0.2) is 17.0 Å². The van der Waals surface area contributed by atoms with Crippen LogP contribution < -0.4 is 0 Å². The molecule has 0 aromatic heterocycles. The third-order valence-corrected chi connectivity index (χ3v) is 6.03. The number of sulfonamides is 1. The zero-order valence-corrected chi connectivity index (χ0v) is 13.7. The average molecular weight is 347 g/mol. The van der Waals surface area contributed by atoms with E-state index < -0.39 is 15.6 Å². The Morgan fingerprint density at radius 2 is 1.63 bits per heavy atom. The van der Waals surface area contributed by atoms with Crippen LogP contribution in [-0.4, -0.2) is 37.0 Å². The summed E-state index contributed by atoms with van der Waals surface area (Å²) in [6.45, 7) is 2.83. The first kappa shape index (κ1) is 17.0. The summed E-state index contributed by atoms with van der Waals surface area (Å²) in [5.74, 6) is 0. The molecule has 1 rings (SSSR count). The number of likely N-dealkylation sites (N-methyl/N-ethyl adjacent to an activating group) is 1. The van der Waals surface area contributed by atoms with Gasteiger partial charge in [0.1, 0.15) is 4.90 Å². The molecule has 0 bridgehead atoms. The van der Waals surface area contributed by atoms with Gasteiger partial charge in [-0.3, -0.25) is 0 Å². The average Bonchev–Trinajstić information content (AvgIpc) is 2.26. The van der Waals surface area contributed by atoms with Crippen molar-refractivity contribution in [2.24, 2.45) is 0 Å². The summed E-state index contributed by atoms with van der Waals surface area (Å²) < 4.78 is 26.0. The first-order valence-electron chi connectivity index (χ1n) is 5.28. The molecule has 19 heavy (non-hydrogen) atoms. The number of halogens is 3. The lowest BCUT2D eigenvalue weighted by atomic mass is 10.1. The number of hydrogen-bond acceptors (Lipinski definition) is 3. The van der Waals surface area contributed by atoms with Crippen molar-refractivity contribution in [3.05, 3.63) is 27.2 Å². The molecule has 0 saturated carbocycles. The van der Waals surface area contributed by atoms with Gasteiger partial charge in [0.15, 0.2) is 0 Å². The van der Waals surface area contributed by atoms with Crippen molar-refractivity contribution in [1.82, 2.24) is 4.31 Å². The second-order valence-corrected chi connectivity index (χ2v) is 7.80. The lowest BCUT2D eigenvalue weighted by Gasteiger charge is -2.33. The molecule has 0 saturated heterocycles. The second-order valence-electron chi connectivity index (χ2n) is 4.64. The number of aliphatic hydroxyl groups excluding tert-OH is 1. The minimum Gasteiger partial charge on any atom is -0.394 e. The van der Waals surface area contributed by atoms with Crippen LogP contribution in [0.2, 0.25) is 15.1 Å². The second kappa shape index (κ2) is 5.76. The summed E-state index contributed by atoms with van der Waals surface area (Å²) in [7, 11) is -2.58. The summed E-state index contributed by atoms with van der Waals surface area (Å²) in [5, 5.41) is 9.40. The van der Waals surface area contributed by atoms with Gasteiger partial charge in [-0.15, -0.1) is 0 Å². The smallest absolute Gasteiger partial charge is 0.246 e. The molecule has 0 atom stereocenters. The Balaban J connectivity index is 3.45. The van der Waals surface area contributed by atoms with Gasteiger partial charge in [0, 0.05) is 12.1 Å². The molecule has 0 heterocycles. The highest BCUT2D eigenvalue weighted by molar-refractivity contribution is 7.89. The fourth-order valence-corrected chi connectivity index (χ4v) is 4.33. The highest BCUT2D eigenvalue weighted by Crippen LogP contribution is 2.35. The summed E-state index contributed by atoms with van der Waals surface area (Å²) in [4.78, 5) is -0.218. The van der Waals surface area contributed by atoms with Crippen LogP contribution in [0, 0.1) is 0 Å². The van der Waals surface area contributed by atoms with Gasteiger partial charge in [0.25, 0.3) is 0 Å². The Morgan fingerprint density at radius 3 is 2.00 bits per heavy atom. The van der Waals surface area contributed by atoms with Crippen molar-refractivity contribution in [2.75, 3.05) is 13.7 Å². The molecule has 0 amide bonds. The normalized spacial score (nSPS) is 13.1. The van der Waals surface area contributed by atoms with Crippen molar-refractivity contribution in [2.45, 2.75) is 24.3 Å². The van der Waals surface area contributed by atoms with E-state index in [1.807, 2.05) is 0 Å². The van der Waals surface area contributed by atoms with Crippen LogP contribution >= 0.6 is 34.8 Å². The molecular formula is C11H14Cl3NO3S. The largest absolute Gasteiger partial charge is 0.394 e. The van der Waals surface area contributed by atoms with Gasteiger partial charge in [-0.05, 0) is 26.0 Å². The molecule has 1 aromatic rings. The standard InChI is InChI=1S/C11H14Cl3NO3S/c1-11(2,6-16)15(3)19(17,18)10-8(13)4-7(12)5-9(10)14/h4-5,16H,6H2,1-3H3. The van der Waals surface area contributed by atoms with E-state index in [0.29, 0.717) is 0 Å². The molecule has 0 aliphatic carbocycles. The van der Waals surface area contributed by atoms with Crippen LogP contribution in [-0.2, 0) is 10.0 Å². The molecule has 0 aliphatic rings. The Kier molecular flexibility index (Phi) is 5.15. The number of benzene rings is 1. The highest BCUT2D eigenvalue weighted by Gasteiger charge is 2.36. The predicted octanol–water partition coefficient (Wildman–Crippen LogP) is 3.04. The van der Waals surface area contributed by atoms with Crippen LogP contribution in [0.25, 0.3) is 0 Å². The van der Waals surface area contributed by atoms with Gasteiger partial charge < -0.3 is 5.11 Å². The quantitative estimate of drug-likeness (QED) is 0.911. The van der Waals surface area contributed by atoms with Crippen molar-refractivity contribution in [3.63, 3.8) is 0 Å². The number of aliphatic hydroxyl groups is 1. The monoisotopic (exact) mass is 345 g/mol. The SMILES string of the molecule is CN(C(C)(C)CO)S(=O)(=O)c1c(Cl)cc(Cl)cc1Cl. The third-order valence-electron chi connectivity index (χ3n) is 2.82. The van der Waals surface area contributed by atoms with E-state index in [4.69, 9.17) is 34.8 Å². The van der Waals surface area contributed by atoms with Crippen LogP contribution in [0.4, 0.5) is 0 Å². The first-order chi connectivity index (χ1) is 8.54. The maximum Gasteiger partial charge on any atom is 0.246 e. The van der Waals surface area contributed by atoms with Gasteiger partial charge >= 0.3 is 0 Å². The first-order valence-corrected chi connectivity index (χ1v) is 7.86. The molecule has 1 N–H and O–H groups in total. The maximum atomic E-state index is 12.5. The molecular weight excluding hydrogens is 333 g/mol. The zero-order valence-electron chi connectivity index (χ0n) is 10.6. The van der Waals surface area contributed by atoms with E-state index in [1.165, 1.54) is 19.2 Å². The van der Waals surface area contributed by atoms with E-state index in [-0.39, 0.29) is 26.6 Å². The fourth-order valence-electron chi connectivity index (χ4n) is 1.34. The summed E-state index contributed by atoms with van der Waals surface area (Å²) in [5.41, 5.74) is -0.981. The Hall–Kier alpha value is -0.0400. The molecule has 108 valence electrons. The minimum atomic E-state index is -3.94. The molecule has 8 heteroatoms. The third kappa shape index (κ3) is 3.35. The number of hydrogen-bond donors (Lipinski definition) is 1. The van der Waals surface area contributed by atoms with Gasteiger partial charge in [0.05, 0.1) is 22.2 Å². The lowest BCUT2D eigenvalue weighted by Crippen LogP contribution is -2.47. The highest BCUT2D eigenvalue weighted by atomic mass is 35.5. The molecule has 1 aromatic carbocycles. The Labute approximate surface area is 127 Å². The maximum absolute atomic E-state index is 12.5. The molecule has 0 spiro atoms. The molecule has 4 nitrogen and oxygen atoms in total. The number of nitrogens with zero attached hydrogens (tertiary/aromatic N) is 1. The van der Waals surface area contributed by atoms with Crippen molar-refractivity contribution in [1.29, 1.82) is 0 Å². The minimum absolute atomic E-state index is 0.0573. The van der Waals surface area contributed by atoms with Crippen molar-refractivity contribution < 1.29 is 13.5 Å². The van der Waals surface area contributed by atoms with Crippen molar-refractivity contribution in [3.8, 4) is 0 Å². The zero-order chi connectivity index (χ0) is 15.0. The van der Waals surface area contributed by atoms with E-state index in [1.54, 1.807) is 13.8 Å². The van der Waals surface area contributed by atoms with E-state index >= 15 is 0 Å². The van der Waals surface area contributed by atoms with Gasteiger partial charge in [-0.2, -0.15) is 4.31 Å². The molecule has 0 fully saturated rings. The lowest BCUT2D eigenvalue weighted by molar-refractivity contribution is 0.138. The van der Waals surface area contributed by atoms with Crippen LogP contribution in [0.1, 0.15) is 13.8 Å². The molecule has 0 unspecified atom stereocenters. The van der Waals surface area contributed by atoms with Crippen LogP contribution in [0.5, 0.6) is 0 Å². The molecule has 0 aliphatic heterocycles. The van der Waals surface area contributed by atoms with Gasteiger partial charge in [-0.1, -0.05) is 34.8 Å². The van der Waals surface area contributed by atoms with Crippen LogP contribution in [0.3, 0.4) is 0 Å². The van der Waals surface area contributed by atoms with Gasteiger partial charge in [0.2, 0.25) is 10.0 Å². The van der Waals surface area contributed by atoms with E-state index in [0.717, 1.165) is 4.31 Å². The fraction of sp³-hybridized carbons (Fsp3) is 0.455. The summed E-state index contributed by atoms with van der Waals surface area (Å²) in [6, 6.07) is 2.61. The Morgan fingerprint density at radius 1 is 1.21 bits per heavy atom. The van der Waals surface area contributed by atoms with Gasteiger partial charge in [-0.25, -0.2) is 8.42 Å². The van der Waals surface area contributed by atoms with E-state index in [9.17, 15) is 13.5 Å². The summed E-state index contributed by atoms with van der Waals surface area (Å²) in [6.07, 6.45) is 0. The number of rotatable bonds is 4. The van der Waals surface area contributed by atoms with Crippen molar-refractivity contribution >= 4 is 44.8 Å². The van der Waals surface area contributed by atoms with E-state index in [2.05, 4.69) is 0 Å². The molecule has 0 radical (unpaired) electrons. The summed E-state index contributed by atoms with van der Waals surface area (Å²) >= 11 is 17.6. The predicted molar refractivity (Wildman–Crippen MR) is 77.6 cm³/mol. The topological polar surface area (TPSA) is 57.6 Å².